The van der Waals surface area contributed by atoms with Gasteiger partial charge in [0.15, 0.2) is 0 Å². The van der Waals surface area contributed by atoms with Crippen LogP contribution in [-0.4, -0.2) is 10.5 Å². The number of aromatic nitrogens is 1. The number of hydrogen-bond donors (Lipinski definition) is 1. The Balaban J connectivity index is 1.70. The second kappa shape index (κ2) is 7.99. The lowest BCUT2D eigenvalue weighted by Crippen LogP contribution is -2.29. The number of halogens is 1. The van der Waals surface area contributed by atoms with Crippen molar-refractivity contribution < 1.29 is 13.6 Å². The topological polar surface area (TPSA) is 64.2 Å². The number of pyridine rings is 1. The highest BCUT2D eigenvalue weighted by atomic mass is 19.1. The molecule has 0 aliphatic heterocycles. The molecule has 0 spiro atoms. The largest absolute Gasteiger partial charge is 0.460 e. The summed E-state index contributed by atoms with van der Waals surface area (Å²) in [4.78, 5) is 26.2. The summed E-state index contributed by atoms with van der Waals surface area (Å²) in [5.74, 6) is -0.359. The number of carbonyl (C=O) groups is 1. The highest BCUT2D eigenvalue weighted by molar-refractivity contribution is 6.07. The van der Waals surface area contributed by atoms with Gasteiger partial charge in [0.1, 0.15) is 17.2 Å². The minimum absolute atomic E-state index is 0.193. The molecule has 2 heterocycles. The van der Waals surface area contributed by atoms with E-state index >= 15 is 0 Å². The fraction of sp³-hybridized carbons (Fsp3) is 0.167. The minimum Gasteiger partial charge on any atom is -0.460 e. The van der Waals surface area contributed by atoms with Gasteiger partial charge in [-0.3, -0.25) is 9.59 Å². The van der Waals surface area contributed by atoms with E-state index in [-0.39, 0.29) is 40.8 Å². The first-order chi connectivity index (χ1) is 14.4. The van der Waals surface area contributed by atoms with Gasteiger partial charge in [-0.25, -0.2) is 4.39 Å². The standard InChI is InChI=1S/C24H21FN2O3/c1-15(18-8-4-3-5-9-18)26-23(28)21-16(2)30-20-11-12-27(24(29)22(20)21)14-17-7-6-10-19(25)13-17/h3-13,15H,14H2,1-2H3,(H,26,28)/t15-/m1/s1. The molecule has 0 saturated carbocycles. The van der Waals surface area contributed by atoms with Gasteiger partial charge in [-0.05, 0) is 43.2 Å². The second-order valence-corrected chi connectivity index (χ2v) is 7.26. The molecule has 0 fully saturated rings. The molecule has 1 N–H and O–H groups in total. The summed E-state index contributed by atoms with van der Waals surface area (Å²) in [6.45, 7) is 3.74. The second-order valence-electron chi connectivity index (χ2n) is 7.26. The quantitative estimate of drug-likeness (QED) is 0.530. The van der Waals surface area contributed by atoms with E-state index in [1.54, 1.807) is 31.3 Å². The lowest BCUT2D eigenvalue weighted by atomic mass is 10.1. The van der Waals surface area contributed by atoms with Gasteiger partial charge in [-0.2, -0.15) is 0 Å². The monoisotopic (exact) mass is 404 g/mol. The van der Waals surface area contributed by atoms with Gasteiger partial charge >= 0.3 is 0 Å². The number of carbonyl (C=O) groups excluding carboxylic acids is 1. The highest BCUT2D eigenvalue weighted by Gasteiger charge is 2.23. The molecular weight excluding hydrogens is 383 g/mol. The third-order valence-electron chi connectivity index (χ3n) is 5.11. The van der Waals surface area contributed by atoms with Crippen molar-refractivity contribution >= 4 is 16.9 Å². The molecule has 0 bridgehead atoms. The van der Waals surface area contributed by atoms with Crippen molar-refractivity contribution in [3.8, 4) is 0 Å². The van der Waals surface area contributed by atoms with E-state index in [0.717, 1.165) is 5.56 Å². The first-order valence-electron chi connectivity index (χ1n) is 9.67. The Bertz CT molecular complexity index is 1270. The molecule has 5 nitrogen and oxygen atoms in total. The van der Waals surface area contributed by atoms with Crippen molar-refractivity contribution in [2.24, 2.45) is 0 Å². The van der Waals surface area contributed by atoms with E-state index in [2.05, 4.69) is 5.32 Å². The van der Waals surface area contributed by atoms with Crippen LogP contribution in [0.25, 0.3) is 11.0 Å². The molecular formula is C24H21FN2O3. The number of aryl methyl sites for hydroxylation is 1. The predicted octanol–water partition coefficient (Wildman–Crippen LogP) is 4.58. The van der Waals surface area contributed by atoms with Crippen molar-refractivity contribution in [3.05, 3.63) is 105 Å². The van der Waals surface area contributed by atoms with Crippen LogP contribution in [0, 0.1) is 12.7 Å². The van der Waals surface area contributed by atoms with Crippen molar-refractivity contribution in [3.63, 3.8) is 0 Å². The smallest absolute Gasteiger partial charge is 0.262 e. The maximum atomic E-state index is 13.5. The molecule has 0 radical (unpaired) electrons. The molecule has 1 amide bonds. The van der Waals surface area contributed by atoms with Crippen LogP contribution >= 0.6 is 0 Å². The Morgan fingerprint density at radius 1 is 1.13 bits per heavy atom. The zero-order valence-corrected chi connectivity index (χ0v) is 16.7. The van der Waals surface area contributed by atoms with E-state index in [1.807, 2.05) is 37.3 Å². The lowest BCUT2D eigenvalue weighted by Gasteiger charge is -2.14. The summed E-state index contributed by atoms with van der Waals surface area (Å²) in [6, 6.07) is 17.1. The van der Waals surface area contributed by atoms with Crippen LogP contribution in [0.4, 0.5) is 4.39 Å². The van der Waals surface area contributed by atoms with E-state index in [4.69, 9.17) is 4.42 Å². The fourth-order valence-electron chi connectivity index (χ4n) is 3.59. The number of benzene rings is 2. The van der Waals surface area contributed by atoms with Gasteiger partial charge in [0, 0.05) is 6.20 Å². The molecule has 0 saturated heterocycles. The predicted molar refractivity (Wildman–Crippen MR) is 113 cm³/mol. The summed E-state index contributed by atoms with van der Waals surface area (Å²) in [5.41, 5.74) is 1.84. The van der Waals surface area contributed by atoms with E-state index in [0.29, 0.717) is 16.9 Å². The lowest BCUT2D eigenvalue weighted by molar-refractivity contribution is 0.0939. The number of fused-ring (bicyclic) bond motifs is 1. The average Bonchev–Trinajstić information content (AvgIpc) is 3.07. The minimum atomic E-state index is -0.372. The van der Waals surface area contributed by atoms with Crippen molar-refractivity contribution in [2.75, 3.05) is 0 Å². The summed E-state index contributed by atoms with van der Waals surface area (Å²) >= 11 is 0. The van der Waals surface area contributed by atoms with Crippen LogP contribution in [0.15, 0.2) is 76.1 Å². The number of rotatable bonds is 5. The zero-order chi connectivity index (χ0) is 21.3. The molecule has 2 aromatic heterocycles. The van der Waals surface area contributed by atoms with Gasteiger partial charge in [0.25, 0.3) is 11.5 Å². The van der Waals surface area contributed by atoms with Crippen LogP contribution in [0.1, 0.15) is 40.2 Å². The Kier molecular flexibility index (Phi) is 5.23. The Labute approximate surface area is 172 Å². The van der Waals surface area contributed by atoms with Crippen LogP contribution < -0.4 is 10.9 Å². The number of nitrogens with one attached hydrogen (secondary N) is 1. The Morgan fingerprint density at radius 2 is 1.90 bits per heavy atom. The fourth-order valence-corrected chi connectivity index (χ4v) is 3.59. The molecule has 0 aliphatic rings. The maximum Gasteiger partial charge on any atom is 0.262 e. The van der Waals surface area contributed by atoms with Gasteiger partial charge in [0.2, 0.25) is 0 Å². The van der Waals surface area contributed by atoms with Gasteiger partial charge in [0.05, 0.1) is 23.5 Å². The molecule has 2 aromatic carbocycles. The highest BCUT2D eigenvalue weighted by Crippen LogP contribution is 2.24. The molecule has 6 heteroatoms. The maximum absolute atomic E-state index is 13.5. The summed E-state index contributed by atoms with van der Waals surface area (Å²) in [6.07, 6.45) is 1.59. The van der Waals surface area contributed by atoms with E-state index in [9.17, 15) is 14.0 Å². The van der Waals surface area contributed by atoms with Crippen molar-refractivity contribution in [2.45, 2.75) is 26.4 Å². The summed E-state index contributed by atoms with van der Waals surface area (Å²) in [5, 5.41) is 3.16. The third kappa shape index (κ3) is 3.76. The van der Waals surface area contributed by atoms with Crippen LogP contribution in [0.3, 0.4) is 0 Å². The van der Waals surface area contributed by atoms with Gasteiger partial charge in [-0.15, -0.1) is 0 Å². The SMILES string of the molecule is Cc1oc2ccn(Cc3cccc(F)c3)c(=O)c2c1C(=O)N[C@H](C)c1ccccc1. The molecule has 0 unspecified atom stereocenters. The first kappa shape index (κ1) is 19.6. The normalized spacial score (nSPS) is 12.1. The number of nitrogens with zero attached hydrogens (tertiary/aromatic N) is 1. The number of hydrogen-bond acceptors (Lipinski definition) is 3. The van der Waals surface area contributed by atoms with E-state index in [1.165, 1.54) is 16.7 Å². The van der Waals surface area contributed by atoms with Crippen LogP contribution in [-0.2, 0) is 6.54 Å². The molecule has 0 aliphatic carbocycles. The third-order valence-corrected chi connectivity index (χ3v) is 5.11. The molecule has 30 heavy (non-hydrogen) atoms. The van der Waals surface area contributed by atoms with Crippen LogP contribution in [0.5, 0.6) is 0 Å². The molecule has 4 rings (SSSR count). The van der Waals surface area contributed by atoms with Gasteiger partial charge < -0.3 is 14.3 Å². The molecule has 1 atom stereocenters. The van der Waals surface area contributed by atoms with E-state index < -0.39 is 0 Å². The average molecular weight is 404 g/mol. The molecule has 4 aromatic rings. The number of amides is 1. The molecule has 152 valence electrons. The Hall–Kier alpha value is -3.67. The van der Waals surface area contributed by atoms with Crippen molar-refractivity contribution in [1.82, 2.24) is 9.88 Å². The Morgan fingerprint density at radius 3 is 2.63 bits per heavy atom. The summed E-state index contributed by atoms with van der Waals surface area (Å²) < 4.78 is 20.6. The van der Waals surface area contributed by atoms with Crippen molar-refractivity contribution in [1.29, 1.82) is 0 Å². The van der Waals surface area contributed by atoms with Gasteiger partial charge in [-0.1, -0.05) is 42.5 Å². The van der Waals surface area contributed by atoms with Crippen LogP contribution in [0.2, 0.25) is 0 Å². The first-order valence-corrected chi connectivity index (χ1v) is 9.67. The summed E-state index contributed by atoms with van der Waals surface area (Å²) in [7, 11) is 0. The zero-order valence-electron chi connectivity index (χ0n) is 16.7. The number of furan rings is 1.